The fourth-order valence-corrected chi connectivity index (χ4v) is 2.74. The summed E-state index contributed by atoms with van der Waals surface area (Å²) in [4.78, 5) is 18.3. The number of carbonyl (C=O) groups is 1. The Labute approximate surface area is 169 Å². The highest BCUT2D eigenvalue weighted by Gasteiger charge is 2.13. The van der Waals surface area contributed by atoms with E-state index < -0.39 is 0 Å². The second-order valence-corrected chi connectivity index (χ2v) is 6.88. The van der Waals surface area contributed by atoms with Crippen LogP contribution in [0.2, 0.25) is 5.02 Å². The number of carbonyl (C=O) groups excluding carboxylic acids is 1. The zero-order valence-electron chi connectivity index (χ0n) is 15.9. The number of ether oxygens (including phenoxy) is 1. The quantitative estimate of drug-likeness (QED) is 0.568. The van der Waals surface area contributed by atoms with Crippen molar-refractivity contribution in [2.75, 3.05) is 20.2 Å². The number of likely N-dealkylation sites (N-methyl/N-ethyl adjacent to an activating group) is 1. The van der Waals surface area contributed by atoms with E-state index in [2.05, 4.69) is 10.1 Å². The fraction of sp³-hybridized carbons (Fsp3) is 0.286. The standard InChI is InChI=1S/C21H22ClN3O3/c1-15-5-3-4-6-18(15)27-14-13-25(2)20(26)12-11-19-23-21(24-28-19)16-7-9-17(22)10-8-16/h3-10H,11-14H2,1-2H3. The summed E-state index contributed by atoms with van der Waals surface area (Å²) in [5.74, 6) is 1.76. The summed E-state index contributed by atoms with van der Waals surface area (Å²) < 4.78 is 11.0. The number of nitrogens with zero attached hydrogens (tertiary/aromatic N) is 3. The number of aromatic nitrogens is 2. The Bertz CT molecular complexity index is 925. The number of halogens is 1. The molecule has 1 aromatic heterocycles. The average Bonchev–Trinajstić information content (AvgIpc) is 3.17. The third-order valence-electron chi connectivity index (χ3n) is 4.33. The Balaban J connectivity index is 1.44. The molecule has 0 unspecified atom stereocenters. The summed E-state index contributed by atoms with van der Waals surface area (Å²) in [6.07, 6.45) is 0.686. The topological polar surface area (TPSA) is 68.5 Å². The van der Waals surface area contributed by atoms with Crippen LogP contribution in [0.5, 0.6) is 5.75 Å². The maximum absolute atomic E-state index is 12.3. The van der Waals surface area contributed by atoms with Gasteiger partial charge in [0.25, 0.3) is 0 Å². The van der Waals surface area contributed by atoms with E-state index in [1.54, 1.807) is 24.1 Å². The summed E-state index contributed by atoms with van der Waals surface area (Å²) in [5.41, 5.74) is 1.89. The fourth-order valence-electron chi connectivity index (χ4n) is 2.61. The molecule has 28 heavy (non-hydrogen) atoms. The molecule has 0 aliphatic heterocycles. The van der Waals surface area contributed by atoms with E-state index >= 15 is 0 Å². The molecule has 6 nitrogen and oxygen atoms in total. The maximum atomic E-state index is 12.3. The van der Waals surface area contributed by atoms with E-state index in [4.69, 9.17) is 20.9 Å². The van der Waals surface area contributed by atoms with Crippen molar-refractivity contribution in [2.45, 2.75) is 19.8 Å². The van der Waals surface area contributed by atoms with E-state index in [-0.39, 0.29) is 5.91 Å². The SMILES string of the molecule is Cc1ccccc1OCCN(C)C(=O)CCc1nc(-c2ccc(Cl)cc2)no1. The zero-order valence-corrected chi connectivity index (χ0v) is 16.6. The Kier molecular flexibility index (Phi) is 6.66. The summed E-state index contributed by atoms with van der Waals surface area (Å²) in [7, 11) is 1.76. The van der Waals surface area contributed by atoms with Gasteiger partial charge in [-0.15, -0.1) is 0 Å². The van der Waals surface area contributed by atoms with Crippen LogP contribution < -0.4 is 4.74 Å². The molecule has 0 N–H and O–H groups in total. The van der Waals surface area contributed by atoms with Gasteiger partial charge in [0.05, 0.1) is 6.54 Å². The largest absolute Gasteiger partial charge is 0.491 e. The summed E-state index contributed by atoms with van der Waals surface area (Å²) in [6.45, 7) is 2.94. The predicted octanol–water partition coefficient (Wildman–Crippen LogP) is 4.17. The Morgan fingerprint density at radius 3 is 2.68 bits per heavy atom. The van der Waals surface area contributed by atoms with E-state index in [0.29, 0.717) is 42.7 Å². The van der Waals surface area contributed by atoms with Crippen molar-refractivity contribution in [1.82, 2.24) is 15.0 Å². The van der Waals surface area contributed by atoms with Crippen molar-refractivity contribution >= 4 is 17.5 Å². The van der Waals surface area contributed by atoms with E-state index in [1.807, 2.05) is 43.3 Å². The molecule has 0 aliphatic carbocycles. The lowest BCUT2D eigenvalue weighted by molar-refractivity contribution is -0.130. The third kappa shape index (κ3) is 5.33. The monoisotopic (exact) mass is 399 g/mol. The van der Waals surface area contributed by atoms with Gasteiger partial charge in [0.1, 0.15) is 12.4 Å². The first-order valence-electron chi connectivity index (χ1n) is 9.04. The molecule has 0 atom stereocenters. The Morgan fingerprint density at radius 2 is 1.93 bits per heavy atom. The maximum Gasteiger partial charge on any atom is 0.227 e. The molecule has 1 heterocycles. The number of hydrogen-bond donors (Lipinski definition) is 0. The van der Waals surface area contributed by atoms with Crippen molar-refractivity contribution in [3.63, 3.8) is 0 Å². The lowest BCUT2D eigenvalue weighted by atomic mass is 10.2. The molecule has 2 aromatic carbocycles. The zero-order chi connectivity index (χ0) is 19.9. The van der Waals surface area contributed by atoms with Crippen LogP contribution in [0.3, 0.4) is 0 Å². The summed E-state index contributed by atoms with van der Waals surface area (Å²) >= 11 is 5.88. The van der Waals surface area contributed by atoms with Crippen LogP contribution in [0.25, 0.3) is 11.4 Å². The molecule has 0 saturated carbocycles. The lowest BCUT2D eigenvalue weighted by Crippen LogP contribution is -2.31. The van der Waals surface area contributed by atoms with Gasteiger partial charge in [-0.25, -0.2) is 0 Å². The van der Waals surface area contributed by atoms with Crippen molar-refractivity contribution in [1.29, 1.82) is 0 Å². The molecule has 0 bridgehead atoms. The number of benzene rings is 2. The second kappa shape index (κ2) is 9.37. The minimum Gasteiger partial charge on any atom is -0.491 e. The third-order valence-corrected chi connectivity index (χ3v) is 4.58. The number of hydrogen-bond acceptors (Lipinski definition) is 5. The first-order valence-corrected chi connectivity index (χ1v) is 9.41. The molecule has 0 spiro atoms. The molecule has 7 heteroatoms. The molecule has 0 saturated heterocycles. The predicted molar refractivity (Wildman–Crippen MR) is 107 cm³/mol. The number of amides is 1. The second-order valence-electron chi connectivity index (χ2n) is 6.45. The van der Waals surface area contributed by atoms with Crippen LogP contribution in [-0.2, 0) is 11.2 Å². The van der Waals surface area contributed by atoms with Gasteiger partial charge in [0.2, 0.25) is 17.6 Å². The Hall–Kier alpha value is -2.86. The van der Waals surface area contributed by atoms with Crippen molar-refractivity contribution in [3.8, 4) is 17.1 Å². The van der Waals surface area contributed by atoms with E-state index in [1.165, 1.54) is 0 Å². The van der Waals surface area contributed by atoms with Crippen molar-refractivity contribution < 1.29 is 14.1 Å². The smallest absolute Gasteiger partial charge is 0.227 e. The van der Waals surface area contributed by atoms with Gasteiger partial charge >= 0.3 is 0 Å². The number of para-hydroxylation sites is 1. The van der Waals surface area contributed by atoms with Gasteiger partial charge in [-0.3, -0.25) is 4.79 Å². The highest BCUT2D eigenvalue weighted by atomic mass is 35.5. The minimum absolute atomic E-state index is 0.000346. The molecule has 0 radical (unpaired) electrons. The summed E-state index contributed by atoms with van der Waals surface area (Å²) in [6, 6.07) is 15.0. The lowest BCUT2D eigenvalue weighted by Gasteiger charge is -2.17. The molecular formula is C21H22ClN3O3. The number of rotatable bonds is 8. The highest BCUT2D eigenvalue weighted by molar-refractivity contribution is 6.30. The van der Waals surface area contributed by atoms with Crippen molar-refractivity contribution in [3.05, 3.63) is 65.0 Å². The van der Waals surface area contributed by atoms with E-state index in [9.17, 15) is 4.79 Å². The molecule has 0 aliphatic rings. The molecule has 3 rings (SSSR count). The Morgan fingerprint density at radius 1 is 1.18 bits per heavy atom. The van der Waals surface area contributed by atoms with Gasteiger partial charge < -0.3 is 14.2 Å². The average molecular weight is 400 g/mol. The number of aryl methyl sites for hydroxylation is 2. The van der Waals surface area contributed by atoms with Gasteiger partial charge in [-0.05, 0) is 42.8 Å². The molecule has 3 aromatic rings. The first-order chi connectivity index (χ1) is 13.5. The van der Waals surface area contributed by atoms with Crippen LogP contribution in [0.4, 0.5) is 0 Å². The van der Waals surface area contributed by atoms with Crippen LogP contribution >= 0.6 is 11.6 Å². The van der Waals surface area contributed by atoms with Gasteiger partial charge in [0, 0.05) is 30.5 Å². The first kappa shape index (κ1) is 19.9. The normalized spacial score (nSPS) is 10.7. The minimum atomic E-state index is -0.000346. The molecule has 146 valence electrons. The summed E-state index contributed by atoms with van der Waals surface area (Å²) in [5, 5.41) is 4.60. The molecule has 1 amide bonds. The van der Waals surface area contributed by atoms with Crippen LogP contribution in [0, 0.1) is 6.92 Å². The van der Waals surface area contributed by atoms with Gasteiger partial charge in [0.15, 0.2) is 0 Å². The van der Waals surface area contributed by atoms with E-state index in [0.717, 1.165) is 16.9 Å². The van der Waals surface area contributed by atoms with Crippen molar-refractivity contribution in [2.24, 2.45) is 0 Å². The molecular weight excluding hydrogens is 378 g/mol. The highest BCUT2D eigenvalue weighted by Crippen LogP contribution is 2.19. The molecule has 0 fully saturated rings. The van der Waals surface area contributed by atoms with Gasteiger partial charge in [-0.2, -0.15) is 4.98 Å². The van der Waals surface area contributed by atoms with Crippen LogP contribution in [-0.4, -0.2) is 41.1 Å². The van der Waals surface area contributed by atoms with Crippen LogP contribution in [0.15, 0.2) is 53.1 Å². The van der Waals surface area contributed by atoms with Crippen LogP contribution in [0.1, 0.15) is 17.9 Å². The van der Waals surface area contributed by atoms with Gasteiger partial charge in [-0.1, -0.05) is 35.0 Å².